The van der Waals surface area contributed by atoms with E-state index in [1.165, 1.54) is 0 Å². The molecule has 42 valence electrons. The van der Waals surface area contributed by atoms with Gasteiger partial charge >= 0.3 is 0 Å². The minimum absolute atomic E-state index is 0. The van der Waals surface area contributed by atoms with Gasteiger partial charge in [-0.1, -0.05) is 0 Å². The van der Waals surface area contributed by atoms with Gasteiger partial charge in [-0.2, -0.15) is 0 Å². The number of hydrogen-bond donors (Lipinski definition) is 2. The van der Waals surface area contributed by atoms with Crippen LogP contribution in [0, 0.1) is 0 Å². The monoisotopic (exact) mass is 298 g/mol. The third-order valence-corrected chi connectivity index (χ3v) is 0.566. The van der Waals surface area contributed by atoms with Crippen LogP contribution in [0.2, 0.25) is 0 Å². The maximum atomic E-state index is 8.09. The molecule has 0 heterocycles. The zero-order valence-corrected chi connectivity index (χ0v) is 8.11. The van der Waals surface area contributed by atoms with Crippen molar-refractivity contribution in [1.82, 2.24) is 0 Å². The van der Waals surface area contributed by atoms with E-state index in [4.69, 9.17) is 10.2 Å². The zero-order valence-electron chi connectivity index (χ0n) is 4.22. The van der Waals surface area contributed by atoms with E-state index in [1.54, 1.807) is 0 Å². The summed E-state index contributed by atoms with van der Waals surface area (Å²) in [5, 5.41) is 16.2. The predicted molar refractivity (Wildman–Crippen MR) is 29.2 cm³/mol. The number of unbranched alkanes of at least 4 members (excludes halogenated alkanes) is 1. The van der Waals surface area contributed by atoms with Crippen molar-refractivity contribution in [3.63, 3.8) is 0 Å². The molecule has 0 aromatic rings. The van der Waals surface area contributed by atoms with Gasteiger partial charge in [-0.15, -0.1) is 0 Å². The molecule has 0 amide bonds. The van der Waals surface area contributed by atoms with Crippen LogP contribution in [0.25, 0.3) is 0 Å². The largest absolute Gasteiger partial charge is 0.396 e. The van der Waals surface area contributed by atoms with Gasteiger partial charge in [0.1, 0.15) is 0 Å². The molecular formula is C4H10O2Pb. The van der Waals surface area contributed by atoms with Gasteiger partial charge in [-0.05, 0) is 12.8 Å². The molecule has 3 heteroatoms. The van der Waals surface area contributed by atoms with E-state index in [9.17, 15) is 0 Å². The number of aliphatic hydroxyl groups is 2. The van der Waals surface area contributed by atoms with Crippen LogP contribution in [0.4, 0.5) is 0 Å². The van der Waals surface area contributed by atoms with Gasteiger partial charge < -0.3 is 10.2 Å². The van der Waals surface area contributed by atoms with Gasteiger partial charge in [0.15, 0.2) is 0 Å². The summed E-state index contributed by atoms with van der Waals surface area (Å²) in [4.78, 5) is 0. The average molecular weight is 297 g/mol. The van der Waals surface area contributed by atoms with Crippen LogP contribution in [0.5, 0.6) is 0 Å². The van der Waals surface area contributed by atoms with Crippen LogP contribution in [-0.2, 0) is 0 Å². The topological polar surface area (TPSA) is 40.5 Å². The van der Waals surface area contributed by atoms with Gasteiger partial charge in [0, 0.05) is 40.5 Å². The minimum atomic E-state index is 0. The Bertz CT molecular complexity index is 21.7. The van der Waals surface area contributed by atoms with Crippen molar-refractivity contribution in [3.05, 3.63) is 0 Å². The molecule has 2 N–H and O–H groups in total. The summed E-state index contributed by atoms with van der Waals surface area (Å²) in [6.07, 6.45) is 1.44. The zero-order chi connectivity index (χ0) is 4.83. The van der Waals surface area contributed by atoms with E-state index < -0.39 is 0 Å². The summed E-state index contributed by atoms with van der Waals surface area (Å²) in [5.41, 5.74) is 0. The first-order valence-corrected chi connectivity index (χ1v) is 2.13. The summed E-state index contributed by atoms with van der Waals surface area (Å²) >= 11 is 0. The summed E-state index contributed by atoms with van der Waals surface area (Å²) in [6, 6.07) is 0. The van der Waals surface area contributed by atoms with Crippen molar-refractivity contribution < 1.29 is 10.2 Å². The Labute approximate surface area is 63.7 Å². The quantitative estimate of drug-likeness (QED) is 0.538. The summed E-state index contributed by atoms with van der Waals surface area (Å²) < 4.78 is 0. The summed E-state index contributed by atoms with van der Waals surface area (Å²) in [7, 11) is 0. The first-order valence-electron chi connectivity index (χ1n) is 2.13. The molecule has 0 bridgehead atoms. The molecule has 0 rings (SSSR count). The van der Waals surface area contributed by atoms with Gasteiger partial charge in [0.25, 0.3) is 0 Å². The van der Waals surface area contributed by atoms with Crippen molar-refractivity contribution in [2.24, 2.45) is 0 Å². The minimum Gasteiger partial charge on any atom is -0.396 e. The molecule has 0 aliphatic heterocycles. The standard InChI is InChI=1S/C4H10O2.Pb/c5-3-1-2-4-6;/h5-6H,1-4H2;. The molecule has 2 nitrogen and oxygen atoms in total. The molecule has 0 aliphatic carbocycles. The van der Waals surface area contributed by atoms with Crippen molar-refractivity contribution in [1.29, 1.82) is 0 Å². The second-order valence-electron chi connectivity index (χ2n) is 1.15. The average Bonchev–Trinajstić information content (AvgIpc) is 1.61. The summed E-state index contributed by atoms with van der Waals surface area (Å²) in [5.74, 6) is 0. The van der Waals surface area contributed by atoms with E-state index >= 15 is 0 Å². The molecule has 0 saturated heterocycles. The molecule has 0 fully saturated rings. The molecule has 0 aromatic carbocycles. The van der Waals surface area contributed by atoms with Crippen LogP contribution in [0.1, 0.15) is 12.8 Å². The van der Waals surface area contributed by atoms with Crippen molar-refractivity contribution in [2.75, 3.05) is 13.2 Å². The first kappa shape index (κ1) is 10.8. The van der Waals surface area contributed by atoms with E-state index in [1.807, 2.05) is 0 Å². The fourth-order valence-electron chi connectivity index (χ4n) is 0.224. The van der Waals surface area contributed by atoms with Gasteiger partial charge in [-0.3, -0.25) is 0 Å². The van der Waals surface area contributed by atoms with Crippen LogP contribution < -0.4 is 0 Å². The molecule has 0 atom stereocenters. The Hall–Kier alpha value is 0.842. The normalized spacial score (nSPS) is 7.71. The van der Waals surface area contributed by atoms with Crippen LogP contribution in [0.3, 0.4) is 0 Å². The smallest absolute Gasteiger partial charge is 0.0431 e. The third kappa shape index (κ3) is 10.9. The van der Waals surface area contributed by atoms with Gasteiger partial charge in [-0.25, -0.2) is 0 Å². The Kier molecular flexibility index (Phi) is 15.3. The van der Waals surface area contributed by atoms with E-state index in [0.29, 0.717) is 0 Å². The molecule has 4 radical (unpaired) electrons. The van der Waals surface area contributed by atoms with Crippen molar-refractivity contribution >= 4 is 27.3 Å². The molecular weight excluding hydrogens is 287 g/mol. The molecule has 0 spiro atoms. The maximum absolute atomic E-state index is 8.09. The molecule has 0 unspecified atom stereocenters. The number of rotatable bonds is 3. The Balaban J connectivity index is 0. The van der Waals surface area contributed by atoms with Crippen LogP contribution in [0.15, 0.2) is 0 Å². The van der Waals surface area contributed by atoms with Gasteiger partial charge in [0.2, 0.25) is 0 Å². The maximum Gasteiger partial charge on any atom is 0.0431 e. The van der Waals surface area contributed by atoms with Crippen LogP contribution in [-0.4, -0.2) is 50.7 Å². The molecule has 0 aliphatic rings. The van der Waals surface area contributed by atoms with Crippen LogP contribution >= 0.6 is 0 Å². The second kappa shape index (κ2) is 9.96. The van der Waals surface area contributed by atoms with Crippen molar-refractivity contribution in [3.8, 4) is 0 Å². The summed E-state index contributed by atoms with van der Waals surface area (Å²) in [6.45, 7) is 0.390. The SMILES string of the molecule is OCCCCO.[Pb]. The molecule has 0 aromatic heterocycles. The third-order valence-electron chi connectivity index (χ3n) is 0.566. The Morgan fingerprint density at radius 2 is 1.14 bits per heavy atom. The van der Waals surface area contributed by atoms with Crippen molar-refractivity contribution in [2.45, 2.75) is 12.8 Å². The Morgan fingerprint density at radius 3 is 1.29 bits per heavy atom. The second-order valence-corrected chi connectivity index (χ2v) is 1.15. The van der Waals surface area contributed by atoms with E-state index in [-0.39, 0.29) is 40.5 Å². The number of aliphatic hydroxyl groups excluding tert-OH is 2. The van der Waals surface area contributed by atoms with E-state index in [0.717, 1.165) is 12.8 Å². The Morgan fingerprint density at radius 1 is 0.857 bits per heavy atom. The fourth-order valence-corrected chi connectivity index (χ4v) is 0.224. The fraction of sp³-hybridized carbons (Fsp3) is 1.00. The van der Waals surface area contributed by atoms with Gasteiger partial charge in [0.05, 0.1) is 0 Å². The molecule has 7 heavy (non-hydrogen) atoms. The first-order chi connectivity index (χ1) is 2.91. The molecule has 0 saturated carbocycles. The van der Waals surface area contributed by atoms with E-state index in [2.05, 4.69) is 0 Å². The predicted octanol–water partition coefficient (Wildman–Crippen LogP) is -0.630. The number of hydrogen-bond acceptors (Lipinski definition) is 2.